The summed E-state index contributed by atoms with van der Waals surface area (Å²) in [5, 5.41) is 2.22. The molecule has 0 atom stereocenters. The molecular weight excluding hydrogens is 284 g/mol. The highest BCUT2D eigenvalue weighted by atomic mass is 15.0. The summed E-state index contributed by atoms with van der Waals surface area (Å²) in [5.41, 5.74) is 4.66. The van der Waals surface area contributed by atoms with Crippen molar-refractivity contribution in [1.82, 2.24) is 19.5 Å². The third-order valence-electron chi connectivity index (χ3n) is 4.12. The molecule has 108 valence electrons. The smallest absolute Gasteiger partial charge is 0.180 e. The van der Waals surface area contributed by atoms with Gasteiger partial charge in [-0.1, -0.05) is 36.4 Å². The van der Waals surface area contributed by atoms with Crippen LogP contribution in [-0.2, 0) is 0 Å². The Morgan fingerprint density at radius 3 is 2.57 bits per heavy atom. The molecule has 0 aliphatic carbocycles. The number of imidazole rings is 1. The fraction of sp³-hybridized carbons (Fsp3) is 0. The number of pyridine rings is 2. The largest absolute Gasteiger partial charge is 0.315 e. The van der Waals surface area contributed by atoms with Crippen LogP contribution in [0.4, 0.5) is 0 Å². The Hall–Kier alpha value is -3.27. The number of para-hydroxylation sites is 1. The molecule has 0 aliphatic heterocycles. The highest BCUT2D eigenvalue weighted by Gasteiger charge is 2.09. The Morgan fingerprint density at radius 2 is 1.65 bits per heavy atom. The van der Waals surface area contributed by atoms with Gasteiger partial charge in [-0.3, -0.25) is 0 Å². The van der Waals surface area contributed by atoms with E-state index in [1.807, 2.05) is 24.3 Å². The van der Waals surface area contributed by atoms with Gasteiger partial charge in [-0.2, -0.15) is 0 Å². The van der Waals surface area contributed by atoms with Crippen LogP contribution in [0.2, 0.25) is 0 Å². The third kappa shape index (κ3) is 1.82. The van der Waals surface area contributed by atoms with E-state index in [9.17, 15) is 0 Å². The molecule has 0 fully saturated rings. The number of fused-ring (bicyclic) bond motifs is 4. The molecule has 2 aromatic carbocycles. The van der Waals surface area contributed by atoms with Crippen molar-refractivity contribution in [2.45, 2.75) is 0 Å². The maximum atomic E-state index is 4.76. The fourth-order valence-electron chi connectivity index (χ4n) is 3.05. The van der Waals surface area contributed by atoms with Crippen LogP contribution in [0, 0.1) is 0 Å². The van der Waals surface area contributed by atoms with Crippen LogP contribution in [0.25, 0.3) is 38.7 Å². The quantitative estimate of drug-likeness (QED) is 0.437. The van der Waals surface area contributed by atoms with Gasteiger partial charge in [0.15, 0.2) is 5.65 Å². The van der Waals surface area contributed by atoms with E-state index in [1.165, 1.54) is 0 Å². The van der Waals surface area contributed by atoms with Gasteiger partial charge in [-0.25, -0.2) is 15.0 Å². The second-order valence-corrected chi connectivity index (χ2v) is 5.49. The molecule has 3 heterocycles. The molecule has 0 saturated carbocycles. The van der Waals surface area contributed by atoms with Crippen molar-refractivity contribution in [3.05, 3.63) is 73.2 Å². The molecule has 23 heavy (non-hydrogen) atoms. The first-order valence-electron chi connectivity index (χ1n) is 7.47. The Labute approximate surface area is 132 Å². The van der Waals surface area contributed by atoms with Gasteiger partial charge in [0.25, 0.3) is 0 Å². The Bertz CT molecular complexity index is 1160. The normalized spacial score (nSPS) is 11.5. The van der Waals surface area contributed by atoms with Crippen molar-refractivity contribution in [2.75, 3.05) is 0 Å². The summed E-state index contributed by atoms with van der Waals surface area (Å²) in [6.45, 7) is 0. The van der Waals surface area contributed by atoms with Crippen molar-refractivity contribution < 1.29 is 0 Å². The number of benzene rings is 2. The molecule has 0 bridgehead atoms. The first-order valence-corrected chi connectivity index (χ1v) is 7.47. The minimum Gasteiger partial charge on any atom is -0.315 e. The third-order valence-corrected chi connectivity index (χ3v) is 4.12. The van der Waals surface area contributed by atoms with Crippen LogP contribution >= 0.6 is 0 Å². The van der Waals surface area contributed by atoms with E-state index in [0.29, 0.717) is 5.65 Å². The molecule has 5 aromatic rings. The van der Waals surface area contributed by atoms with Crippen LogP contribution in [0.3, 0.4) is 0 Å². The van der Waals surface area contributed by atoms with E-state index < -0.39 is 0 Å². The summed E-state index contributed by atoms with van der Waals surface area (Å²) in [7, 11) is 0. The summed E-state index contributed by atoms with van der Waals surface area (Å²) in [4.78, 5) is 13.3. The first-order chi connectivity index (χ1) is 11.4. The second kappa shape index (κ2) is 4.61. The standard InChI is InChI=1S/C19H12N4/c1-2-6-15(7-3-1)23-10-4-5-13-8-9-14-11-16-19(21-12-20-16)22-17(14)18(13)23/h1-12H. The van der Waals surface area contributed by atoms with E-state index in [-0.39, 0.29) is 0 Å². The summed E-state index contributed by atoms with van der Waals surface area (Å²) < 4.78 is 2.17. The molecule has 4 heteroatoms. The summed E-state index contributed by atoms with van der Waals surface area (Å²) >= 11 is 0. The number of hydrogen-bond donors (Lipinski definition) is 0. The number of hydrogen-bond acceptors (Lipinski definition) is 3. The van der Waals surface area contributed by atoms with Crippen LogP contribution in [0.1, 0.15) is 0 Å². The minimum atomic E-state index is 0.688. The lowest BCUT2D eigenvalue weighted by Crippen LogP contribution is -1.98. The van der Waals surface area contributed by atoms with E-state index in [0.717, 1.165) is 33.0 Å². The molecule has 0 amide bonds. The molecule has 3 aromatic heterocycles. The van der Waals surface area contributed by atoms with E-state index in [1.54, 1.807) is 6.33 Å². The van der Waals surface area contributed by atoms with Crippen molar-refractivity contribution in [2.24, 2.45) is 0 Å². The van der Waals surface area contributed by atoms with Crippen LogP contribution in [0.5, 0.6) is 0 Å². The molecule has 0 aliphatic rings. The van der Waals surface area contributed by atoms with Gasteiger partial charge < -0.3 is 4.57 Å². The molecule has 0 spiro atoms. The molecule has 0 unspecified atom stereocenters. The van der Waals surface area contributed by atoms with Gasteiger partial charge in [-0.15, -0.1) is 0 Å². The number of rotatable bonds is 1. The Kier molecular flexibility index (Phi) is 2.46. The second-order valence-electron chi connectivity index (χ2n) is 5.49. The van der Waals surface area contributed by atoms with Gasteiger partial charge >= 0.3 is 0 Å². The Balaban J connectivity index is 1.98. The highest BCUT2D eigenvalue weighted by Crippen LogP contribution is 2.27. The van der Waals surface area contributed by atoms with Crippen LogP contribution in [0.15, 0.2) is 73.2 Å². The first kappa shape index (κ1) is 12.3. The lowest BCUT2D eigenvalue weighted by Gasteiger charge is -2.13. The zero-order valence-corrected chi connectivity index (χ0v) is 12.2. The van der Waals surface area contributed by atoms with Gasteiger partial charge in [0.2, 0.25) is 0 Å². The molecule has 0 saturated heterocycles. The average Bonchev–Trinajstić information content (AvgIpc) is 3.07. The van der Waals surface area contributed by atoms with Crippen molar-refractivity contribution in [1.29, 1.82) is 0 Å². The lowest BCUT2D eigenvalue weighted by molar-refractivity contribution is 1.11. The summed E-state index contributed by atoms with van der Waals surface area (Å²) in [6.07, 6.45) is 3.63. The van der Waals surface area contributed by atoms with Crippen molar-refractivity contribution >= 4 is 33.0 Å². The van der Waals surface area contributed by atoms with Gasteiger partial charge in [0, 0.05) is 22.7 Å². The summed E-state index contributed by atoms with van der Waals surface area (Å²) in [5.74, 6) is 0. The predicted octanol–water partition coefficient (Wildman–Crippen LogP) is 4.12. The van der Waals surface area contributed by atoms with Crippen LogP contribution < -0.4 is 0 Å². The van der Waals surface area contributed by atoms with Crippen molar-refractivity contribution in [3.8, 4) is 5.69 Å². The zero-order chi connectivity index (χ0) is 15.2. The topological polar surface area (TPSA) is 43.6 Å². The number of nitrogens with zero attached hydrogens (tertiary/aromatic N) is 4. The predicted molar refractivity (Wildman–Crippen MR) is 91.7 cm³/mol. The average molecular weight is 296 g/mol. The van der Waals surface area contributed by atoms with E-state index in [4.69, 9.17) is 4.98 Å². The molecule has 4 nitrogen and oxygen atoms in total. The number of aromatic nitrogens is 4. The minimum absolute atomic E-state index is 0.688. The van der Waals surface area contributed by atoms with Gasteiger partial charge in [0.05, 0.1) is 11.0 Å². The zero-order valence-electron chi connectivity index (χ0n) is 12.2. The maximum Gasteiger partial charge on any atom is 0.180 e. The monoisotopic (exact) mass is 296 g/mol. The molecular formula is C19H12N4. The molecule has 0 N–H and O–H groups in total. The lowest BCUT2D eigenvalue weighted by atomic mass is 10.1. The SMILES string of the molecule is c1ccc(-n2cccc3ccc4cc5ncnc5nc4c32)cc1. The highest BCUT2D eigenvalue weighted by molar-refractivity contribution is 6.06. The van der Waals surface area contributed by atoms with Crippen LogP contribution in [-0.4, -0.2) is 19.5 Å². The van der Waals surface area contributed by atoms with E-state index in [2.05, 4.69) is 57.1 Å². The molecule has 5 rings (SSSR count). The fourth-order valence-corrected chi connectivity index (χ4v) is 3.05. The van der Waals surface area contributed by atoms with Gasteiger partial charge in [0.1, 0.15) is 11.8 Å². The van der Waals surface area contributed by atoms with Crippen molar-refractivity contribution in [3.63, 3.8) is 0 Å². The summed E-state index contributed by atoms with van der Waals surface area (Å²) in [6, 6.07) is 20.7. The molecule has 0 radical (unpaired) electrons. The maximum absolute atomic E-state index is 4.76. The Morgan fingerprint density at radius 1 is 0.783 bits per heavy atom. The van der Waals surface area contributed by atoms with Gasteiger partial charge in [-0.05, 0) is 24.3 Å². The van der Waals surface area contributed by atoms with E-state index >= 15 is 0 Å².